The molecule has 0 aliphatic heterocycles. The second-order valence-electron chi connectivity index (χ2n) is 5.00. The largest absolute Gasteiger partial charge is 0.378 e. The Morgan fingerprint density at radius 3 is 2.45 bits per heavy atom. The predicted molar refractivity (Wildman–Crippen MR) is 80.8 cm³/mol. The predicted octanol–water partition coefficient (Wildman–Crippen LogP) is 2.09. The van der Waals surface area contributed by atoms with Crippen LogP contribution in [0.1, 0.15) is 5.69 Å². The molecule has 20 heavy (non-hydrogen) atoms. The maximum atomic E-state index is 12.1. The number of aryl methyl sites for hydroxylation is 1. The van der Waals surface area contributed by atoms with E-state index >= 15 is 0 Å². The topological polar surface area (TPSA) is 53.9 Å². The van der Waals surface area contributed by atoms with Crippen molar-refractivity contribution in [3.63, 3.8) is 0 Å². The molecule has 2 aromatic heterocycles. The Kier molecular flexibility index (Phi) is 2.82. The van der Waals surface area contributed by atoms with Gasteiger partial charge in [0, 0.05) is 25.5 Å². The SMILES string of the molecule is Cc1ccc2[nH]c(=O)n(-c3ccc(N(C)C)cc3)c2n1. The number of hydrogen-bond acceptors (Lipinski definition) is 3. The van der Waals surface area contributed by atoms with Crippen molar-refractivity contribution in [2.75, 3.05) is 19.0 Å². The standard InChI is InChI=1S/C15H16N4O/c1-10-4-9-13-14(16-10)19(15(20)17-13)12-7-5-11(6-8-12)18(2)3/h4-9H,1-3H3,(H,17,20). The molecule has 0 saturated carbocycles. The molecule has 102 valence electrons. The van der Waals surface area contributed by atoms with Crippen LogP contribution >= 0.6 is 0 Å². The van der Waals surface area contributed by atoms with E-state index in [1.807, 2.05) is 62.3 Å². The Morgan fingerprint density at radius 2 is 1.80 bits per heavy atom. The highest BCUT2D eigenvalue weighted by atomic mass is 16.1. The van der Waals surface area contributed by atoms with Crippen LogP contribution in [0.25, 0.3) is 16.9 Å². The van der Waals surface area contributed by atoms with E-state index in [0.717, 1.165) is 22.6 Å². The third kappa shape index (κ3) is 1.97. The van der Waals surface area contributed by atoms with Crippen molar-refractivity contribution in [1.29, 1.82) is 0 Å². The number of fused-ring (bicyclic) bond motifs is 1. The van der Waals surface area contributed by atoms with Gasteiger partial charge in [-0.1, -0.05) is 0 Å². The van der Waals surface area contributed by atoms with E-state index in [9.17, 15) is 4.79 Å². The lowest BCUT2D eigenvalue weighted by Crippen LogP contribution is -2.15. The molecule has 0 aliphatic rings. The normalized spacial score (nSPS) is 10.9. The number of imidazole rings is 1. The van der Waals surface area contributed by atoms with Crippen LogP contribution < -0.4 is 10.6 Å². The highest BCUT2D eigenvalue weighted by Crippen LogP contribution is 2.17. The Balaban J connectivity index is 2.21. The third-order valence-corrected chi connectivity index (χ3v) is 3.30. The van der Waals surface area contributed by atoms with Gasteiger partial charge in [0.1, 0.15) is 0 Å². The highest BCUT2D eigenvalue weighted by Gasteiger charge is 2.10. The van der Waals surface area contributed by atoms with Gasteiger partial charge < -0.3 is 9.88 Å². The summed E-state index contributed by atoms with van der Waals surface area (Å²) < 4.78 is 1.60. The molecule has 0 unspecified atom stereocenters. The fourth-order valence-electron chi connectivity index (χ4n) is 2.22. The summed E-state index contributed by atoms with van der Waals surface area (Å²) in [5, 5.41) is 0. The minimum atomic E-state index is -0.171. The zero-order valence-corrected chi connectivity index (χ0v) is 11.7. The average molecular weight is 268 g/mol. The van der Waals surface area contributed by atoms with Crippen LogP contribution in [-0.4, -0.2) is 28.6 Å². The molecule has 0 aliphatic carbocycles. The molecule has 3 rings (SSSR count). The summed E-state index contributed by atoms with van der Waals surface area (Å²) >= 11 is 0. The summed E-state index contributed by atoms with van der Waals surface area (Å²) in [5.74, 6) is 0. The van der Waals surface area contributed by atoms with Crippen molar-refractivity contribution in [3.05, 3.63) is 52.6 Å². The molecular formula is C15H16N4O. The fraction of sp³-hybridized carbons (Fsp3) is 0.200. The molecule has 0 radical (unpaired) electrons. The van der Waals surface area contributed by atoms with Gasteiger partial charge in [-0.3, -0.25) is 0 Å². The van der Waals surface area contributed by atoms with E-state index in [1.165, 1.54) is 0 Å². The number of hydrogen-bond donors (Lipinski definition) is 1. The number of aromatic amines is 1. The second-order valence-corrected chi connectivity index (χ2v) is 5.00. The lowest BCUT2D eigenvalue weighted by molar-refractivity contribution is 0.993. The van der Waals surface area contributed by atoms with Gasteiger partial charge in [-0.15, -0.1) is 0 Å². The van der Waals surface area contributed by atoms with Gasteiger partial charge in [0.25, 0.3) is 0 Å². The van der Waals surface area contributed by atoms with E-state index in [4.69, 9.17) is 0 Å². The summed E-state index contributed by atoms with van der Waals surface area (Å²) in [4.78, 5) is 21.4. The van der Waals surface area contributed by atoms with Crippen LogP contribution in [0.15, 0.2) is 41.2 Å². The molecule has 2 heterocycles. The van der Waals surface area contributed by atoms with Crippen LogP contribution in [0.2, 0.25) is 0 Å². The van der Waals surface area contributed by atoms with Crippen LogP contribution in [0.4, 0.5) is 5.69 Å². The Hall–Kier alpha value is -2.56. The first-order valence-corrected chi connectivity index (χ1v) is 6.42. The maximum Gasteiger partial charge on any atom is 0.332 e. The Bertz CT molecular complexity index is 812. The summed E-state index contributed by atoms with van der Waals surface area (Å²) in [5.41, 5.74) is 4.02. The number of rotatable bonds is 2. The van der Waals surface area contributed by atoms with Gasteiger partial charge in [-0.2, -0.15) is 0 Å². The van der Waals surface area contributed by atoms with Crippen LogP contribution in [0.3, 0.4) is 0 Å². The van der Waals surface area contributed by atoms with E-state index in [2.05, 4.69) is 9.97 Å². The number of pyridine rings is 1. The first-order valence-electron chi connectivity index (χ1n) is 6.42. The lowest BCUT2D eigenvalue weighted by atomic mass is 10.2. The van der Waals surface area contributed by atoms with Gasteiger partial charge in [0.05, 0.1) is 11.2 Å². The molecule has 0 spiro atoms. The van der Waals surface area contributed by atoms with E-state index < -0.39 is 0 Å². The molecule has 1 N–H and O–H groups in total. The molecule has 0 bridgehead atoms. The van der Waals surface area contributed by atoms with Crippen molar-refractivity contribution in [3.8, 4) is 5.69 Å². The summed E-state index contributed by atoms with van der Waals surface area (Å²) in [6.45, 7) is 1.91. The van der Waals surface area contributed by atoms with Crippen molar-refractivity contribution in [1.82, 2.24) is 14.5 Å². The third-order valence-electron chi connectivity index (χ3n) is 3.30. The molecular weight excluding hydrogens is 252 g/mol. The van der Waals surface area contributed by atoms with Crippen molar-refractivity contribution in [2.45, 2.75) is 6.92 Å². The second kappa shape index (κ2) is 4.52. The van der Waals surface area contributed by atoms with Crippen molar-refractivity contribution >= 4 is 16.9 Å². The summed E-state index contributed by atoms with van der Waals surface area (Å²) in [6, 6.07) is 11.6. The molecule has 5 heteroatoms. The van der Waals surface area contributed by atoms with Gasteiger partial charge in [0.15, 0.2) is 5.65 Å². The number of nitrogens with zero attached hydrogens (tertiary/aromatic N) is 3. The summed E-state index contributed by atoms with van der Waals surface area (Å²) in [6.07, 6.45) is 0. The number of nitrogens with one attached hydrogen (secondary N) is 1. The molecule has 3 aromatic rings. The van der Waals surface area contributed by atoms with Crippen molar-refractivity contribution in [2.24, 2.45) is 0 Å². The number of aromatic nitrogens is 3. The molecule has 0 saturated heterocycles. The molecule has 5 nitrogen and oxygen atoms in total. The van der Waals surface area contributed by atoms with E-state index in [0.29, 0.717) is 5.65 Å². The summed E-state index contributed by atoms with van der Waals surface area (Å²) in [7, 11) is 3.97. The number of H-pyrrole nitrogens is 1. The zero-order valence-electron chi connectivity index (χ0n) is 11.7. The minimum Gasteiger partial charge on any atom is -0.378 e. The van der Waals surface area contributed by atoms with Gasteiger partial charge in [0.2, 0.25) is 0 Å². The quantitative estimate of drug-likeness (QED) is 0.774. The molecule has 1 aromatic carbocycles. The minimum absolute atomic E-state index is 0.171. The maximum absolute atomic E-state index is 12.1. The molecule has 0 atom stereocenters. The fourth-order valence-corrected chi connectivity index (χ4v) is 2.22. The Labute approximate surface area is 116 Å². The average Bonchev–Trinajstić information content (AvgIpc) is 2.74. The Morgan fingerprint density at radius 1 is 1.10 bits per heavy atom. The van der Waals surface area contributed by atoms with Gasteiger partial charge in [-0.05, 0) is 43.3 Å². The monoisotopic (exact) mass is 268 g/mol. The molecule has 0 amide bonds. The highest BCUT2D eigenvalue weighted by molar-refractivity contribution is 5.73. The van der Waals surface area contributed by atoms with Gasteiger partial charge in [-0.25, -0.2) is 14.3 Å². The first-order chi connectivity index (χ1) is 9.56. The molecule has 0 fully saturated rings. The van der Waals surface area contributed by atoms with E-state index in [-0.39, 0.29) is 5.69 Å². The van der Waals surface area contributed by atoms with Crippen molar-refractivity contribution < 1.29 is 0 Å². The zero-order chi connectivity index (χ0) is 14.3. The van der Waals surface area contributed by atoms with E-state index in [1.54, 1.807) is 4.57 Å². The number of benzene rings is 1. The van der Waals surface area contributed by atoms with Crippen LogP contribution in [0, 0.1) is 6.92 Å². The number of anilines is 1. The smallest absolute Gasteiger partial charge is 0.332 e. The lowest BCUT2D eigenvalue weighted by Gasteiger charge is -2.12. The van der Waals surface area contributed by atoms with Crippen LogP contribution in [0.5, 0.6) is 0 Å². The van der Waals surface area contributed by atoms with Gasteiger partial charge >= 0.3 is 5.69 Å². The van der Waals surface area contributed by atoms with Crippen LogP contribution in [-0.2, 0) is 0 Å². The first kappa shape index (κ1) is 12.5.